The molecule has 0 bridgehead atoms. The molecule has 14 heavy (non-hydrogen) atoms. The highest BCUT2D eigenvalue weighted by molar-refractivity contribution is 5.88. The van der Waals surface area contributed by atoms with E-state index in [9.17, 15) is 4.79 Å². The SMILES string of the molecule is CN1CCC(NC(=O)C2(C#N)CC2)C1. The standard InChI is InChI=1S/C10H15N3O/c1-13-5-2-8(6-13)12-9(14)10(7-11)3-4-10/h8H,2-6H2,1H3,(H,12,14). The van der Waals surface area contributed by atoms with Crippen molar-refractivity contribution in [3.8, 4) is 6.07 Å². The van der Waals surface area contributed by atoms with Gasteiger partial charge in [-0.05, 0) is 32.9 Å². The summed E-state index contributed by atoms with van der Waals surface area (Å²) >= 11 is 0. The van der Waals surface area contributed by atoms with Gasteiger partial charge in [-0.1, -0.05) is 0 Å². The van der Waals surface area contributed by atoms with Crippen molar-refractivity contribution in [1.82, 2.24) is 10.2 Å². The molecule has 1 N–H and O–H groups in total. The number of amides is 1. The molecule has 1 aliphatic carbocycles. The minimum absolute atomic E-state index is 0.0553. The Labute approximate surface area is 83.9 Å². The summed E-state index contributed by atoms with van der Waals surface area (Å²) in [6, 6.07) is 2.36. The van der Waals surface area contributed by atoms with Crippen molar-refractivity contribution in [1.29, 1.82) is 5.26 Å². The third kappa shape index (κ3) is 1.60. The van der Waals surface area contributed by atoms with Crippen LogP contribution >= 0.6 is 0 Å². The van der Waals surface area contributed by atoms with Gasteiger partial charge < -0.3 is 10.2 Å². The van der Waals surface area contributed by atoms with Crippen molar-refractivity contribution in [3.63, 3.8) is 0 Å². The number of likely N-dealkylation sites (N-methyl/N-ethyl adjacent to an activating group) is 1. The average molecular weight is 193 g/mol. The molecule has 1 heterocycles. The maximum absolute atomic E-state index is 11.7. The fourth-order valence-corrected chi connectivity index (χ4v) is 1.89. The van der Waals surface area contributed by atoms with E-state index in [2.05, 4.69) is 16.3 Å². The molecule has 1 aliphatic heterocycles. The zero-order valence-electron chi connectivity index (χ0n) is 8.42. The smallest absolute Gasteiger partial charge is 0.240 e. The van der Waals surface area contributed by atoms with Crippen LogP contribution in [-0.2, 0) is 4.79 Å². The van der Waals surface area contributed by atoms with Gasteiger partial charge in [0.05, 0.1) is 6.07 Å². The molecule has 2 rings (SSSR count). The van der Waals surface area contributed by atoms with E-state index >= 15 is 0 Å². The van der Waals surface area contributed by atoms with E-state index in [1.807, 2.05) is 7.05 Å². The Bertz CT molecular complexity index is 290. The number of hydrogen-bond acceptors (Lipinski definition) is 3. The van der Waals surface area contributed by atoms with Gasteiger partial charge in [0, 0.05) is 12.6 Å². The van der Waals surface area contributed by atoms with Gasteiger partial charge in [0.2, 0.25) is 5.91 Å². The fraction of sp³-hybridized carbons (Fsp3) is 0.800. The lowest BCUT2D eigenvalue weighted by atomic mass is 10.1. The second-order valence-electron chi connectivity index (χ2n) is 4.42. The summed E-state index contributed by atoms with van der Waals surface area (Å²) in [5.41, 5.74) is -0.666. The van der Waals surface area contributed by atoms with Crippen LogP contribution in [0.2, 0.25) is 0 Å². The molecule has 4 heteroatoms. The van der Waals surface area contributed by atoms with E-state index in [4.69, 9.17) is 5.26 Å². The monoisotopic (exact) mass is 193 g/mol. The minimum atomic E-state index is -0.666. The molecule has 0 aromatic carbocycles. The van der Waals surface area contributed by atoms with Crippen LogP contribution in [0.5, 0.6) is 0 Å². The van der Waals surface area contributed by atoms with Crippen molar-refractivity contribution in [2.75, 3.05) is 20.1 Å². The van der Waals surface area contributed by atoms with Crippen LogP contribution in [0.25, 0.3) is 0 Å². The van der Waals surface area contributed by atoms with Crippen LogP contribution in [0, 0.1) is 16.7 Å². The van der Waals surface area contributed by atoms with Gasteiger partial charge in [-0.15, -0.1) is 0 Å². The summed E-state index contributed by atoms with van der Waals surface area (Å²) < 4.78 is 0. The number of nitrogens with zero attached hydrogens (tertiary/aromatic N) is 2. The number of hydrogen-bond donors (Lipinski definition) is 1. The van der Waals surface area contributed by atoms with Crippen LogP contribution in [0.1, 0.15) is 19.3 Å². The van der Waals surface area contributed by atoms with Crippen LogP contribution in [-0.4, -0.2) is 37.0 Å². The number of likely N-dealkylation sites (tertiary alicyclic amines) is 1. The molecule has 1 atom stereocenters. The molecule has 0 aromatic heterocycles. The Morgan fingerprint density at radius 2 is 2.36 bits per heavy atom. The largest absolute Gasteiger partial charge is 0.351 e. The first-order valence-corrected chi connectivity index (χ1v) is 5.07. The van der Waals surface area contributed by atoms with E-state index in [1.54, 1.807) is 0 Å². The van der Waals surface area contributed by atoms with Gasteiger partial charge in [0.15, 0.2) is 0 Å². The van der Waals surface area contributed by atoms with E-state index < -0.39 is 5.41 Å². The van der Waals surface area contributed by atoms with Crippen molar-refractivity contribution >= 4 is 5.91 Å². The molecule has 2 aliphatic rings. The number of nitrogens with one attached hydrogen (secondary N) is 1. The van der Waals surface area contributed by atoms with E-state index in [-0.39, 0.29) is 11.9 Å². The normalized spacial score (nSPS) is 29.6. The molecular weight excluding hydrogens is 178 g/mol. The van der Waals surface area contributed by atoms with E-state index in [0.29, 0.717) is 0 Å². The molecule has 0 radical (unpaired) electrons. The zero-order valence-corrected chi connectivity index (χ0v) is 8.42. The second kappa shape index (κ2) is 3.25. The molecule has 1 unspecified atom stereocenters. The van der Waals surface area contributed by atoms with Crippen LogP contribution in [0.4, 0.5) is 0 Å². The summed E-state index contributed by atoms with van der Waals surface area (Å²) in [5.74, 6) is -0.0553. The van der Waals surface area contributed by atoms with Crippen LogP contribution < -0.4 is 5.32 Å². The lowest BCUT2D eigenvalue weighted by Crippen LogP contribution is -2.40. The average Bonchev–Trinajstić information content (AvgIpc) is 2.87. The number of carbonyl (C=O) groups is 1. The van der Waals surface area contributed by atoms with Crippen molar-refractivity contribution in [2.45, 2.75) is 25.3 Å². The highest BCUT2D eigenvalue weighted by Gasteiger charge is 2.51. The highest BCUT2D eigenvalue weighted by atomic mass is 16.2. The number of rotatable bonds is 2. The van der Waals surface area contributed by atoms with Gasteiger partial charge in [-0.25, -0.2) is 0 Å². The van der Waals surface area contributed by atoms with E-state index in [0.717, 1.165) is 32.4 Å². The molecule has 4 nitrogen and oxygen atoms in total. The summed E-state index contributed by atoms with van der Waals surface area (Å²) in [5, 5.41) is 11.8. The minimum Gasteiger partial charge on any atom is -0.351 e. The molecule has 1 amide bonds. The van der Waals surface area contributed by atoms with Crippen LogP contribution in [0.3, 0.4) is 0 Å². The Balaban J connectivity index is 1.87. The first-order valence-electron chi connectivity index (χ1n) is 5.07. The molecule has 0 aromatic rings. The summed E-state index contributed by atoms with van der Waals surface area (Å²) in [7, 11) is 2.04. The summed E-state index contributed by atoms with van der Waals surface area (Å²) in [4.78, 5) is 13.9. The van der Waals surface area contributed by atoms with Crippen LogP contribution in [0.15, 0.2) is 0 Å². The van der Waals surface area contributed by atoms with E-state index in [1.165, 1.54) is 0 Å². The zero-order chi connectivity index (χ0) is 10.2. The first kappa shape index (κ1) is 9.47. The third-order valence-corrected chi connectivity index (χ3v) is 3.13. The molecular formula is C10H15N3O. The Kier molecular flexibility index (Phi) is 2.20. The Morgan fingerprint density at radius 3 is 2.79 bits per heavy atom. The lowest BCUT2D eigenvalue weighted by molar-refractivity contribution is -0.125. The topological polar surface area (TPSA) is 56.1 Å². The van der Waals surface area contributed by atoms with Crippen molar-refractivity contribution in [3.05, 3.63) is 0 Å². The number of nitriles is 1. The van der Waals surface area contributed by atoms with Gasteiger partial charge >= 0.3 is 0 Å². The fourth-order valence-electron chi connectivity index (χ4n) is 1.89. The maximum Gasteiger partial charge on any atom is 0.240 e. The molecule has 76 valence electrons. The molecule has 1 saturated heterocycles. The van der Waals surface area contributed by atoms with Gasteiger partial charge in [0.1, 0.15) is 5.41 Å². The quantitative estimate of drug-likeness (QED) is 0.677. The Morgan fingerprint density at radius 1 is 1.64 bits per heavy atom. The number of carbonyl (C=O) groups excluding carboxylic acids is 1. The first-order chi connectivity index (χ1) is 6.66. The molecule has 2 fully saturated rings. The predicted molar refractivity (Wildman–Crippen MR) is 51.3 cm³/mol. The summed E-state index contributed by atoms with van der Waals surface area (Å²) in [6.45, 7) is 1.94. The van der Waals surface area contributed by atoms with Crippen molar-refractivity contribution in [2.24, 2.45) is 5.41 Å². The molecule has 0 spiro atoms. The highest BCUT2D eigenvalue weighted by Crippen LogP contribution is 2.45. The maximum atomic E-state index is 11.7. The van der Waals surface area contributed by atoms with Crippen molar-refractivity contribution < 1.29 is 4.79 Å². The second-order valence-corrected chi connectivity index (χ2v) is 4.42. The third-order valence-electron chi connectivity index (χ3n) is 3.13. The Hall–Kier alpha value is -1.08. The lowest BCUT2D eigenvalue weighted by Gasteiger charge is -2.14. The summed E-state index contributed by atoms with van der Waals surface area (Å²) in [6.07, 6.45) is 2.47. The van der Waals surface area contributed by atoms with Gasteiger partial charge in [-0.2, -0.15) is 5.26 Å². The van der Waals surface area contributed by atoms with Gasteiger partial charge in [-0.3, -0.25) is 4.79 Å². The predicted octanol–water partition coefficient (Wildman–Crippen LogP) is 0.110. The van der Waals surface area contributed by atoms with Gasteiger partial charge in [0.25, 0.3) is 0 Å². The molecule has 1 saturated carbocycles.